The highest BCUT2D eigenvalue weighted by Gasteiger charge is 2.23. The van der Waals surface area contributed by atoms with Crippen molar-refractivity contribution in [1.82, 2.24) is 4.90 Å². The zero-order chi connectivity index (χ0) is 23.0. The van der Waals surface area contributed by atoms with Crippen molar-refractivity contribution in [3.05, 3.63) is 47.5 Å². The third-order valence-corrected chi connectivity index (χ3v) is 6.52. The Labute approximate surface area is 226 Å². The number of methoxy groups -OCH3 is 3. The molecule has 1 saturated heterocycles. The molecular weight excluding hydrogens is 507 g/mol. The van der Waals surface area contributed by atoms with Gasteiger partial charge in [-0.3, -0.25) is 4.90 Å². The molecule has 2 aliphatic heterocycles. The molecule has 2 heterocycles. The molecule has 1 atom stereocenters. The maximum Gasteiger partial charge on any atom is 0.161 e. The van der Waals surface area contributed by atoms with Gasteiger partial charge in [-0.25, -0.2) is 0 Å². The van der Waals surface area contributed by atoms with Crippen LogP contribution >= 0.6 is 24.8 Å². The van der Waals surface area contributed by atoms with Crippen molar-refractivity contribution < 1.29 is 29.2 Å². The van der Waals surface area contributed by atoms with Gasteiger partial charge in [0, 0.05) is 39.3 Å². The number of anilines is 1. The molecule has 4 rings (SSSR count). The van der Waals surface area contributed by atoms with Crippen LogP contribution in [0.1, 0.15) is 23.7 Å². The SMILES string of the molecule is COc1cc2c(cc1OC)C(COCCN1CCN(c3ccccc3OC)CC1)OCCC2.Cl.Cl.O. The van der Waals surface area contributed by atoms with E-state index >= 15 is 0 Å². The molecule has 0 aromatic heterocycles. The number of piperazine rings is 1. The fraction of sp³-hybridized carbons (Fsp3) is 0.538. The van der Waals surface area contributed by atoms with Gasteiger partial charge in [-0.15, -0.1) is 24.8 Å². The Kier molecular flexibility index (Phi) is 14.3. The summed E-state index contributed by atoms with van der Waals surface area (Å²) in [7, 11) is 5.07. The lowest BCUT2D eigenvalue weighted by atomic mass is 9.99. The molecule has 0 bridgehead atoms. The van der Waals surface area contributed by atoms with E-state index in [4.69, 9.17) is 23.7 Å². The van der Waals surface area contributed by atoms with E-state index in [1.807, 2.05) is 18.2 Å². The van der Waals surface area contributed by atoms with Crippen molar-refractivity contribution in [3.8, 4) is 17.2 Å². The fourth-order valence-electron chi connectivity index (χ4n) is 4.66. The zero-order valence-electron chi connectivity index (χ0n) is 21.4. The number of benzene rings is 2. The second-order valence-corrected chi connectivity index (χ2v) is 8.44. The number of hydrogen-bond acceptors (Lipinski definition) is 7. The van der Waals surface area contributed by atoms with E-state index in [0.717, 1.165) is 75.0 Å². The van der Waals surface area contributed by atoms with E-state index in [1.165, 1.54) is 11.3 Å². The fourth-order valence-corrected chi connectivity index (χ4v) is 4.66. The van der Waals surface area contributed by atoms with Crippen molar-refractivity contribution in [2.75, 3.05) is 78.8 Å². The van der Waals surface area contributed by atoms with Gasteiger partial charge in [0.15, 0.2) is 11.5 Å². The van der Waals surface area contributed by atoms with Crippen LogP contribution in [0.5, 0.6) is 17.2 Å². The highest BCUT2D eigenvalue weighted by atomic mass is 35.5. The molecule has 1 fully saturated rings. The summed E-state index contributed by atoms with van der Waals surface area (Å²) in [6.45, 7) is 6.90. The first-order valence-corrected chi connectivity index (χ1v) is 11.8. The summed E-state index contributed by atoms with van der Waals surface area (Å²) in [4.78, 5) is 4.86. The molecule has 2 aromatic rings. The van der Waals surface area contributed by atoms with Crippen LogP contribution in [0.2, 0.25) is 0 Å². The highest BCUT2D eigenvalue weighted by Crippen LogP contribution is 2.36. The van der Waals surface area contributed by atoms with Crippen LogP contribution in [-0.4, -0.2) is 84.2 Å². The first kappa shape index (κ1) is 32.1. The van der Waals surface area contributed by atoms with Gasteiger partial charge in [-0.2, -0.15) is 0 Å². The van der Waals surface area contributed by atoms with Crippen molar-refractivity contribution in [1.29, 1.82) is 0 Å². The van der Waals surface area contributed by atoms with Crippen LogP contribution in [0.3, 0.4) is 0 Å². The lowest BCUT2D eigenvalue weighted by Gasteiger charge is -2.36. The Bertz CT molecular complexity index is 912. The maximum atomic E-state index is 6.13. The number of fused-ring (bicyclic) bond motifs is 1. The number of ether oxygens (including phenoxy) is 5. The first-order valence-electron chi connectivity index (χ1n) is 11.8. The summed E-state index contributed by atoms with van der Waals surface area (Å²) in [5, 5.41) is 0. The minimum absolute atomic E-state index is 0. The highest BCUT2D eigenvalue weighted by molar-refractivity contribution is 5.85. The molecule has 0 radical (unpaired) electrons. The predicted molar refractivity (Wildman–Crippen MR) is 147 cm³/mol. The largest absolute Gasteiger partial charge is 0.495 e. The number of rotatable bonds is 9. The van der Waals surface area contributed by atoms with E-state index in [0.29, 0.717) is 13.2 Å². The van der Waals surface area contributed by atoms with Crippen molar-refractivity contribution in [2.24, 2.45) is 0 Å². The Morgan fingerprint density at radius 1 is 0.889 bits per heavy atom. The van der Waals surface area contributed by atoms with Gasteiger partial charge in [-0.1, -0.05) is 12.1 Å². The standard InChI is InChI=1S/C26H36N2O5.2ClH.H2O/c1-29-23-9-5-4-8-22(23)28-12-10-27(11-13-28)14-16-32-19-26-21-18-25(31-3)24(30-2)17-20(21)7-6-15-33-26;;;/h4-5,8-9,17-18,26H,6-7,10-16,19H2,1-3H3;2*1H;1H2. The molecule has 1 unspecified atom stereocenters. The Morgan fingerprint density at radius 3 is 2.25 bits per heavy atom. The number of hydrogen-bond donors (Lipinski definition) is 0. The molecular formula is C26H40Cl2N2O6. The van der Waals surface area contributed by atoms with Gasteiger partial charge < -0.3 is 34.1 Å². The summed E-state index contributed by atoms with van der Waals surface area (Å²) in [5.74, 6) is 2.44. The van der Waals surface area contributed by atoms with E-state index < -0.39 is 0 Å². The molecule has 0 spiro atoms. The molecule has 0 saturated carbocycles. The Balaban J connectivity index is 0.00000216. The van der Waals surface area contributed by atoms with E-state index in [1.54, 1.807) is 21.3 Å². The quantitative estimate of drug-likeness (QED) is 0.444. The van der Waals surface area contributed by atoms with Crippen LogP contribution < -0.4 is 19.1 Å². The molecule has 0 aliphatic carbocycles. The molecule has 36 heavy (non-hydrogen) atoms. The lowest BCUT2D eigenvalue weighted by Crippen LogP contribution is -2.47. The van der Waals surface area contributed by atoms with Gasteiger partial charge >= 0.3 is 0 Å². The normalized spacial score (nSPS) is 17.4. The predicted octanol–water partition coefficient (Wildman–Crippen LogP) is 3.57. The molecule has 2 aliphatic rings. The number of nitrogens with zero attached hydrogens (tertiary/aromatic N) is 2. The third kappa shape index (κ3) is 7.78. The smallest absolute Gasteiger partial charge is 0.161 e. The number of para-hydroxylation sites is 2. The van der Waals surface area contributed by atoms with Gasteiger partial charge in [-0.05, 0) is 48.2 Å². The van der Waals surface area contributed by atoms with Crippen LogP contribution in [0, 0.1) is 0 Å². The van der Waals surface area contributed by atoms with Crippen molar-refractivity contribution in [3.63, 3.8) is 0 Å². The van der Waals surface area contributed by atoms with Crippen LogP contribution in [0.4, 0.5) is 5.69 Å². The van der Waals surface area contributed by atoms with E-state index in [9.17, 15) is 0 Å². The van der Waals surface area contributed by atoms with Crippen LogP contribution in [0.25, 0.3) is 0 Å². The lowest BCUT2D eigenvalue weighted by molar-refractivity contribution is -0.0201. The minimum atomic E-state index is -0.0790. The summed E-state index contributed by atoms with van der Waals surface area (Å²) in [6.07, 6.45) is 1.89. The molecule has 204 valence electrons. The molecule has 10 heteroatoms. The molecule has 8 nitrogen and oxygen atoms in total. The van der Waals surface area contributed by atoms with Crippen LogP contribution in [-0.2, 0) is 15.9 Å². The number of halogens is 2. The average molecular weight is 548 g/mol. The maximum absolute atomic E-state index is 6.13. The second kappa shape index (κ2) is 16.0. The monoisotopic (exact) mass is 546 g/mol. The van der Waals surface area contributed by atoms with Gasteiger partial charge in [0.2, 0.25) is 0 Å². The molecule has 2 aromatic carbocycles. The topological polar surface area (TPSA) is 84.1 Å². The zero-order valence-corrected chi connectivity index (χ0v) is 23.0. The average Bonchev–Trinajstić information content (AvgIpc) is 3.07. The van der Waals surface area contributed by atoms with Gasteiger partial charge in [0.25, 0.3) is 0 Å². The summed E-state index contributed by atoms with van der Waals surface area (Å²) >= 11 is 0. The van der Waals surface area contributed by atoms with Crippen molar-refractivity contribution in [2.45, 2.75) is 18.9 Å². The van der Waals surface area contributed by atoms with Gasteiger partial charge in [0.1, 0.15) is 11.9 Å². The summed E-state index contributed by atoms with van der Waals surface area (Å²) in [5.41, 5.74) is 3.58. The molecule has 2 N–H and O–H groups in total. The first-order chi connectivity index (χ1) is 16.2. The van der Waals surface area contributed by atoms with Gasteiger partial charge in [0.05, 0.1) is 40.2 Å². The number of aryl methyl sites for hydroxylation is 1. The Morgan fingerprint density at radius 2 is 1.56 bits per heavy atom. The second-order valence-electron chi connectivity index (χ2n) is 8.44. The van der Waals surface area contributed by atoms with Crippen molar-refractivity contribution >= 4 is 30.5 Å². The summed E-state index contributed by atoms with van der Waals surface area (Å²) < 4.78 is 28.7. The van der Waals surface area contributed by atoms with E-state index in [2.05, 4.69) is 28.0 Å². The third-order valence-electron chi connectivity index (χ3n) is 6.52. The summed E-state index contributed by atoms with van der Waals surface area (Å²) in [6, 6.07) is 12.4. The Hall–Kier alpha value is -1.94. The molecule has 0 amide bonds. The van der Waals surface area contributed by atoms with E-state index in [-0.39, 0.29) is 36.4 Å². The minimum Gasteiger partial charge on any atom is -0.495 e. The van der Waals surface area contributed by atoms with Crippen LogP contribution in [0.15, 0.2) is 36.4 Å².